The fraction of sp³-hybridized carbons (Fsp3) is 0.179. The van der Waals surface area contributed by atoms with Gasteiger partial charge in [-0.1, -0.05) is 23.8 Å². The molecule has 38 heavy (non-hydrogen) atoms. The quantitative estimate of drug-likeness (QED) is 0.168. The van der Waals surface area contributed by atoms with Crippen molar-refractivity contribution in [3.63, 3.8) is 0 Å². The van der Waals surface area contributed by atoms with Gasteiger partial charge in [-0.05, 0) is 80.9 Å². The SMILES string of the molecule is CCOC(=O)c1ccc(NC(=O)/C(C#N)=C/c2ccc(OS(=O)(=O)c3ccc(C)cc3)c(OCC)c2)cc1. The molecule has 0 saturated carbocycles. The van der Waals surface area contributed by atoms with Crippen LogP contribution in [0, 0.1) is 18.3 Å². The number of ether oxygens (including phenoxy) is 2. The van der Waals surface area contributed by atoms with E-state index < -0.39 is 22.0 Å². The van der Waals surface area contributed by atoms with Gasteiger partial charge in [0.15, 0.2) is 11.5 Å². The summed E-state index contributed by atoms with van der Waals surface area (Å²) in [5.74, 6) is -1.05. The Bertz CT molecular complexity index is 1490. The highest BCUT2D eigenvalue weighted by molar-refractivity contribution is 7.87. The molecule has 0 bridgehead atoms. The van der Waals surface area contributed by atoms with Crippen LogP contribution in [-0.2, 0) is 19.6 Å². The van der Waals surface area contributed by atoms with Crippen molar-refractivity contribution in [3.05, 3.63) is 89.0 Å². The molecular weight excluding hydrogens is 508 g/mol. The number of hydrogen-bond acceptors (Lipinski definition) is 8. The predicted molar refractivity (Wildman–Crippen MR) is 141 cm³/mol. The first-order chi connectivity index (χ1) is 18.2. The van der Waals surface area contributed by atoms with E-state index in [4.69, 9.17) is 13.7 Å². The van der Waals surface area contributed by atoms with E-state index in [1.807, 2.05) is 13.0 Å². The molecule has 0 atom stereocenters. The van der Waals surface area contributed by atoms with Gasteiger partial charge in [-0.25, -0.2) is 4.79 Å². The Morgan fingerprint density at radius 3 is 2.24 bits per heavy atom. The van der Waals surface area contributed by atoms with E-state index in [0.717, 1.165) is 5.56 Å². The number of anilines is 1. The van der Waals surface area contributed by atoms with Gasteiger partial charge in [0.05, 0.1) is 18.8 Å². The highest BCUT2D eigenvalue weighted by atomic mass is 32.2. The molecule has 10 heteroatoms. The molecule has 0 unspecified atom stereocenters. The minimum atomic E-state index is -4.11. The van der Waals surface area contributed by atoms with Gasteiger partial charge in [-0.3, -0.25) is 4.79 Å². The van der Waals surface area contributed by atoms with Crippen LogP contribution in [0.25, 0.3) is 6.08 Å². The van der Waals surface area contributed by atoms with Crippen molar-refractivity contribution >= 4 is 33.8 Å². The number of aryl methyl sites for hydroxylation is 1. The van der Waals surface area contributed by atoms with Gasteiger partial charge in [-0.15, -0.1) is 0 Å². The molecule has 0 aliphatic carbocycles. The van der Waals surface area contributed by atoms with Crippen LogP contribution in [0.2, 0.25) is 0 Å². The third-order valence-electron chi connectivity index (χ3n) is 5.11. The number of amides is 1. The molecule has 1 N–H and O–H groups in total. The molecule has 0 spiro atoms. The lowest BCUT2D eigenvalue weighted by Gasteiger charge is -2.13. The van der Waals surface area contributed by atoms with Crippen LogP contribution >= 0.6 is 0 Å². The highest BCUT2D eigenvalue weighted by Crippen LogP contribution is 2.32. The molecule has 3 aromatic rings. The van der Waals surface area contributed by atoms with Crippen molar-refractivity contribution in [2.75, 3.05) is 18.5 Å². The van der Waals surface area contributed by atoms with Crippen molar-refractivity contribution in [3.8, 4) is 17.6 Å². The summed E-state index contributed by atoms with van der Waals surface area (Å²) < 4.78 is 41.2. The lowest BCUT2D eigenvalue weighted by molar-refractivity contribution is -0.112. The van der Waals surface area contributed by atoms with E-state index >= 15 is 0 Å². The number of benzene rings is 3. The summed E-state index contributed by atoms with van der Waals surface area (Å²) in [5.41, 5.74) is 1.82. The molecule has 3 rings (SSSR count). The van der Waals surface area contributed by atoms with Crippen LogP contribution in [0.4, 0.5) is 5.69 Å². The van der Waals surface area contributed by atoms with Crippen molar-refractivity contribution in [2.45, 2.75) is 25.7 Å². The number of carbonyl (C=O) groups excluding carboxylic acids is 2. The van der Waals surface area contributed by atoms with Crippen molar-refractivity contribution in [1.82, 2.24) is 0 Å². The lowest BCUT2D eigenvalue weighted by Crippen LogP contribution is -2.14. The van der Waals surface area contributed by atoms with Crippen molar-refractivity contribution < 1.29 is 31.7 Å². The molecule has 196 valence electrons. The largest absolute Gasteiger partial charge is 0.490 e. The van der Waals surface area contributed by atoms with E-state index in [1.165, 1.54) is 60.7 Å². The molecule has 9 nitrogen and oxygen atoms in total. The lowest BCUT2D eigenvalue weighted by atomic mass is 10.1. The molecule has 0 aliphatic heterocycles. The Labute approximate surface area is 221 Å². The van der Waals surface area contributed by atoms with E-state index in [9.17, 15) is 23.3 Å². The van der Waals surface area contributed by atoms with Gasteiger partial charge < -0.3 is 19.0 Å². The summed E-state index contributed by atoms with van der Waals surface area (Å²) in [7, 11) is -4.11. The first-order valence-electron chi connectivity index (χ1n) is 11.6. The molecule has 0 heterocycles. The minimum absolute atomic E-state index is 0.00625. The van der Waals surface area contributed by atoms with E-state index in [0.29, 0.717) is 16.8 Å². The molecule has 1 amide bonds. The molecular formula is C28H26N2O7S. The topological polar surface area (TPSA) is 132 Å². The van der Waals surface area contributed by atoms with Gasteiger partial charge in [0, 0.05) is 5.69 Å². The fourth-order valence-electron chi connectivity index (χ4n) is 3.24. The molecule has 0 saturated heterocycles. The zero-order valence-electron chi connectivity index (χ0n) is 21.1. The summed E-state index contributed by atoms with van der Waals surface area (Å²) >= 11 is 0. The molecule has 0 aromatic heterocycles. The highest BCUT2D eigenvalue weighted by Gasteiger charge is 2.20. The van der Waals surface area contributed by atoms with Crippen LogP contribution in [0.1, 0.15) is 35.3 Å². The summed E-state index contributed by atoms with van der Waals surface area (Å²) in [5, 5.41) is 12.2. The Morgan fingerprint density at radius 2 is 1.63 bits per heavy atom. The normalized spacial score (nSPS) is 11.3. The van der Waals surface area contributed by atoms with Crippen LogP contribution in [-0.4, -0.2) is 33.5 Å². The third kappa shape index (κ3) is 7.21. The first-order valence-corrected chi connectivity index (χ1v) is 13.1. The second kappa shape index (κ2) is 12.6. The van der Waals surface area contributed by atoms with Gasteiger partial charge in [-0.2, -0.15) is 13.7 Å². The number of nitrogens with zero attached hydrogens (tertiary/aromatic N) is 1. The number of rotatable bonds is 10. The minimum Gasteiger partial charge on any atom is -0.490 e. The average Bonchev–Trinajstić information content (AvgIpc) is 2.89. The molecule has 3 aromatic carbocycles. The average molecular weight is 535 g/mol. The Balaban J connectivity index is 1.81. The molecule has 0 radical (unpaired) electrons. The van der Waals surface area contributed by atoms with Crippen LogP contribution in [0.5, 0.6) is 11.5 Å². The maximum Gasteiger partial charge on any atom is 0.339 e. The summed E-state index contributed by atoms with van der Waals surface area (Å²) in [6.45, 7) is 5.74. The van der Waals surface area contributed by atoms with Gasteiger partial charge in [0.25, 0.3) is 5.91 Å². The zero-order valence-corrected chi connectivity index (χ0v) is 21.9. The van der Waals surface area contributed by atoms with E-state index in [2.05, 4.69) is 5.32 Å². The van der Waals surface area contributed by atoms with Gasteiger partial charge >= 0.3 is 16.1 Å². The summed E-state index contributed by atoms with van der Waals surface area (Å²) in [4.78, 5) is 24.5. The molecule has 0 aliphatic rings. The fourth-order valence-corrected chi connectivity index (χ4v) is 4.18. The number of carbonyl (C=O) groups is 2. The zero-order chi connectivity index (χ0) is 27.7. The van der Waals surface area contributed by atoms with Gasteiger partial charge in [0.2, 0.25) is 0 Å². The second-order valence-electron chi connectivity index (χ2n) is 7.91. The predicted octanol–water partition coefficient (Wildman–Crippen LogP) is 4.88. The Kier molecular flexibility index (Phi) is 9.24. The smallest absolute Gasteiger partial charge is 0.339 e. The van der Waals surface area contributed by atoms with Crippen LogP contribution < -0.4 is 14.2 Å². The summed E-state index contributed by atoms with van der Waals surface area (Å²) in [6, 6.07) is 18.5. The first kappa shape index (κ1) is 28.0. The number of esters is 1. The number of hydrogen-bond donors (Lipinski definition) is 1. The second-order valence-corrected chi connectivity index (χ2v) is 9.46. The van der Waals surface area contributed by atoms with Crippen LogP contribution in [0.3, 0.4) is 0 Å². The third-order valence-corrected chi connectivity index (χ3v) is 6.36. The summed E-state index contributed by atoms with van der Waals surface area (Å²) in [6.07, 6.45) is 1.34. The maximum atomic E-state index is 12.7. The Morgan fingerprint density at radius 1 is 0.947 bits per heavy atom. The van der Waals surface area contributed by atoms with Crippen LogP contribution in [0.15, 0.2) is 77.2 Å². The van der Waals surface area contributed by atoms with E-state index in [-0.39, 0.29) is 35.2 Å². The Hall–Kier alpha value is -4.62. The standard InChI is InChI=1S/C28H26N2O7S/c1-4-35-26-17-20(8-15-25(26)37-38(33,34)24-13-6-19(3)7-14-24)16-22(18-29)27(31)30-23-11-9-21(10-12-23)28(32)36-5-2/h6-17H,4-5H2,1-3H3,(H,30,31)/b22-16+. The van der Waals surface area contributed by atoms with Crippen molar-refractivity contribution in [1.29, 1.82) is 5.26 Å². The number of nitrogens with one attached hydrogen (secondary N) is 1. The maximum absolute atomic E-state index is 12.7. The van der Waals surface area contributed by atoms with Gasteiger partial charge in [0.1, 0.15) is 16.5 Å². The monoisotopic (exact) mass is 534 g/mol. The number of nitriles is 1. The van der Waals surface area contributed by atoms with E-state index in [1.54, 1.807) is 26.0 Å². The molecule has 0 fully saturated rings. The van der Waals surface area contributed by atoms with Crippen molar-refractivity contribution in [2.24, 2.45) is 0 Å².